The number of nitrogens with one attached hydrogen (secondary N) is 2. The molecule has 0 radical (unpaired) electrons. The summed E-state index contributed by atoms with van der Waals surface area (Å²) in [4.78, 5) is 16.2. The van der Waals surface area contributed by atoms with Crippen molar-refractivity contribution in [1.29, 1.82) is 0 Å². The van der Waals surface area contributed by atoms with Crippen molar-refractivity contribution in [3.63, 3.8) is 0 Å². The van der Waals surface area contributed by atoms with Crippen molar-refractivity contribution in [2.75, 3.05) is 17.7 Å². The van der Waals surface area contributed by atoms with Gasteiger partial charge in [0.05, 0.1) is 10.6 Å². The van der Waals surface area contributed by atoms with Gasteiger partial charge < -0.3 is 10.6 Å². The van der Waals surface area contributed by atoms with E-state index in [1.807, 2.05) is 25.1 Å². The van der Waals surface area contributed by atoms with Gasteiger partial charge in [-0.05, 0) is 36.8 Å². The molecule has 0 aliphatic rings. The Morgan fingerprint density at radius 2 is 2.10 bits per heavy atom. The molecule has 2 N–H and O–H groups in total. The molecular formula is C14H13BrClN3O. The van der Waals surface area contributed by atoms with Gasteiger partial charge in [-0.2, -0.15) is 0 Å². The number of hydrogen-bond donors (Lipinski definition) is 2. The van der Waals surface area contributed by atoms with Gasteiger partial charge in [0.1, 0.15) is 5.82 Å². The minimum Gasteiger partial charge on any atom is -0.372 e. The number of carbonyl (C=O) groups excluding carboxylic acids is 1. The molecule has 0 aliphatic carbocycles. The number of carbonyl (C=O) groups is 1. The summed E-state index contributed by atoms with van der Waals surface area (Å²) in [5.41, 5.74) is 2.14. The van der Waals surface area contributed by atoms with Crippen LogP contribution in [-0.4, -0.2) is 17.9 Å². The summed E-state index contributed by atoms with van der Waals surface area (Å²) >= 11 is 9.40. The second kappa shape index (κ2) is 6.24. The van der Waals surface area contributed by atoms with Gasteiger partial charge in [0, 0.05) is 23.4 Å². The Hall–Kier alpha value is -1.59. The Morgan fingerprint density at radius 1 is 1.35 bits per heavy atom. The molecule has 1 aromatic heterocycles. The molecule has 0 fully saturated rings. The standard InChI is InChI=1S/C14H13BrClN3O/c1-8-5-10(15)3-4-12(8)19-14(20)9-6-11(16)13(17-2)18-7-9/h3-7H,1-2H3,(H,17,18)(H,19,20). The number of benzene rings is 1. The topological polar surface area (TPSA) is 54.0 Å². The lowest BCUT2D eigenvalue weighted by molar-refractivity contribution is 0.102. The average molecular weight is 355 g/mol. The largest absolute Gasteiger partial charge is 0.372 e. The lowest BCUT2D eigenvalue weighted by Crippen LogP contribution is -2.13. The van der Waals surface area contributed by atoms with E-state index >= 15 is 0 Å². The summed E-state index contributed by atoms with van der Waals surface area (Å²) in [6.45, 7) is 1.93. The van der Waals surface area contributed by atoms with E-state index in [4.69, 9.17) is 11.6 Å². The average Bonchev–Trinajstić information content (AvgIpc) is 2.41. The first-order chi connectivity index (χ1) is 9.51. The quantitative estimate of drug-likeness (QED) is 0.872. The Morgan fingerprint density at radius 3 is 2.70 bits per heavy atom. The summed E-state index contributed by atoms with van der Waals surface area (Å²) in [7, 11) is 1.72. The first-order valence-corrected chi connectivity index (χ1v) is 7.09. The second-order valence-corrected chi connectivity index (χ2v) is 5.54. The fraction of sp³-hybridized carbons (Fsp3) is 0.143. The number of rotatable bonds is 3. The van der Waals surface area contributed by atoms with Gasteiger partial charge in [-0.1, -0.05) is 27.5 Å². The summed E-state index contributed by atoms with van der Waals surface area (Å²) < 4.78 is 0.969. The van der Waals surface area contributed by atoms with Gasteiger partial charge in [-0.25, -0.2) is 4.98 Å². The molecule has 6 heteroatoms. The minimum atomic E-state index is -0.243. The molecule has 0 unspecified atom stereocenters. The van der Waals surface area contributed by atoms with Gasteiger partial charge in [0.15, 0.2) is 0 Å². The minimum absolute atomic E-state index is 0.243. The molecule has 1 aromatic carbocycles. The van der Waals surface area contributed by atoms with Crippen LogP contribution in [0.2, 0.25) is 5.02 Å². The van der Waals surface area contributed by atoms with Crippen molar-refractivity contribution in [2.45, 2.75) is 6.92 Å². The number of nitrogens with zero attached hydrogens (tertiary/aromatic N) is 1. The molecular weight excluding hydrogens is 342 g/mol. The van der Waals surface area contributed by atoms with E-state index in [9.17, 15) is 4.79 Å². The first kappa shape index (κ1) is 14.8. The zero-order chi connectivity index (χ0) is 14.7. The van der Waals surface area contributed by atoms with E-state index in [-0.39, 0.29) is 5.91 Å². The first-order valence-electron chi connectivity index (χ1n) is 5.92. The molecule has 0 spiro atoms. The zero-order valence-corrected chi connectivity index (χ0v) is 13.3. The highest BCUT2D eigenvalue weighted by molar-refractivity contribution is 9.10. The predicted octanol–water partition coefficient (Wildman–Crippen LogP) is 4.10. The molecule has 0 atom stereocenters. The molecule has 2 rings (SSSR count). The highest BCUT2D eigenvalue weighted by atomic mass is 79.9. The number of aromatic nitrogens is 1. The van der Waals surface area contributed by atoms with Gasteiger partial charge in [-0.3, -0.25) is 4.79 Å². The molecule has 0 aliphatic heterocycles. The van der Waals surface area contributed by atoms with Crippen LogP contribution in [0.25, 0.3) is 0 Å². The van der Waals surface area contributed by atoms with Gasteiger partial charge in [0.25, 0.3) is 5.91 Å². The van der Waals surface area contributed by atoms with Crippen molar-refractivity contribution >= 4 is 44.9 Å². The molecule has 0 saturated carbocycles. The van der Waals surface area contributed by atoms with Crippen LogP contribution >= 0.6 is 27.5 Å². The normalized spacial score (nSPS) is 10.2. The Labute approximate surface area is 130 Å². The summed E-state index contributed by atoms with van der Waals surface area (Å²) in [6.07, 6.45) is 1.49. The lowest BCUT2D eigenvalue weighted by Gasteiger charge is -2.09. The highest BCUT2D eigenvalue weighted by Gasteiger charge is 2.11. The molecule has 1 heterocycles. The molecule has 1 amide bonds. The fourth-order valence-corrected chi connectivity index (χ4v) is 2.44. The van der Waals surface area contributed by atoms with Crippen molar-refractivity contribution in [1.82, 2.24) is 4.98 Å². The molecule has 0 saturated heterocycles. The lowest BCUT2D eigenvalue weighted by atomic mass is 10.2. The molecule has 2 aromatic rings. The van der Waals surface area contributed by atoms with Crippen LogP contribution in [0.4, 0.5) is 11.5 Å². The van der Waals surface area contributed by atoms with Crippen LogP contribution in [0.5, 0.6) is 0 Å². The number of hydrogen-bond acceptors (Lipinski definition) is 3. The van der Waals surface area contributed by atoms with Crippen LogP contribution in [0.15, 0.2) is 34.9 Å². The number of anilines is 2. The smallest absolute Gasteiger partial charge is 0.257 e. The maximum absolute atomic E-state index is 12.2. The third-order valence-electron chi connectivity index (χ3n) is 2.78. The predicted molar refractivity (Wildman–Crippen MR) is 85.6 cm³/mol. The van der Waals surface area contributed by atoms with Crippen LogP contribution in [0.1, 0.15) is 15.9 Å². The molecule has 4 nitrogen and oxygen atoms in total. The van der Waals surface area contributed by atoms with Crippen molar-refractivity contribution in [2.24, 2.45) is 0 Å². The Kier molecular flexibility index (Phi) is 4.62. The van der Waals surface area contributed by atoms with E-state index in [2.05, 4.69) is 31.5 Å². The summed E-state index contributed by atoms with van der Waals surface area (Å²) in [5, 5.41) is 6.10. The van der Waals surface area contributed by atoms with Gasteiger partial charge >= 0.3 is 0 Å². The number of halogens is 2. The third-order valence-corrected chi connectivity index (χ3v) is 3.56. The van der Waals surface area contributed by atoms with E-state index in [1.165, 1.54) is 6.20 Å². The number of pyridine rings is 1. The maximum atomic E-state index is 12.2. The Balaban J connectivity index is 2.21. The van der Waals surface area contributed by atoms with E-state index < -0.39 is 0 Å². The highest BCUT2D eigenvalue weighted by Crippen LogP contribution is 2.22. The molecule has 104 valence electrons. The molecule has 20 heavy (non-hydrogen) atoms. The van der Waals surface area contributed by atoms with Crippen LogP contribution < -0.4 is 10.6 Å². The summed E-state index contributed by atoms with van der Waals surface area (Å²) in [5.74, 6) is 0.301. The fourth-order valence-electron chi connectivity index (χ4n) is 1.71. The van der Waals surface area contributed by atoms with Crippen LogP contribution in [0.3, 0.4) is 0 Å². The SMILES string of the molecule is CNc1ncc(C(=O)Nc2ccc(Br)cc2C)cc1Cl. The van der Waals surface area contributed by atoms with Crippen molar-refractivity contribution < 1.29 is 4.79 Å². The van der Waals surface area contributed by atoms with E-state index in [0.717, 1.165) is 15.7 Å². The monoisotopic (exact) mass is 353 g/mol. The number of amides is 1. The van der Waals surface area contributed by atoms with Crippen molar-refractivity contribution in [3.05, 3.63) is 51.1 Å². The van der Waals surface area contributed by atoms with Gasteiger partial charge in [-0.15, -0.1) is 0 Å². The van der Waals surface area contributed by atoms with Crippen LogP contribution in [0, 0.1) is 6.92 Å². The van der Waals surface area contributed by atoms with E-state index in [1.54, 1.807) is 13.1 Å². The third kappa shape index (κ3) is 3.29. The Bertz CT molecular complexity index is 661. The maximum Gasteiger partial charge on any atom is 0.257 e. The summed E-state index contributed by atoms with van der Waals surface area (Å²) in [6, 6.07) is 7.24. The number of aryl methyl sites for hydroxylation is 1. The van der Waals surface area contributed by atoms with Gasteiger partial charge in [0.2, 0.25) is 0 Å². The zero-order valence-electron chi connectivity index (χ0n) is 11.0. The van der Waals surface area contributed by atoms with E-state index in [0.29, 0.717) is 16.4 Å². The van der Waals surface area contributed by atoms with Crippen molar-refractivity contribution in [3.8, 4) is 0 Å². The molecule has 0 bridgehead atoms. The second-order valence-electron chi connectivity index (χ2n) is 4.22. The van der Waals surface area contributed by atoms with Crippen LogP contribution in [-0.2, 0) is 0 Å².